The highest BCUT2D eigenvalue weighted by molar-refractivity contribution is 5.78. The van der Waals surface area contributed by atoms with Crippen LogP contribution >= 0.6 is 0 Å². The number of benzene rings is 1. The lowest BCUT2D eigenvalue weighted by Gasteiger charge is -2.11. The van der Waals surface area contributed by atoms with Crippen LogP contribution in [0.5, 0.6) is 0 Å². The molecule has 102 valence electrons. The van der Waals surface area contributed by atoms with Crippen molar-refractivity contribution < 1.29 is 14.7 Å². The molecule has 1 amide bonds. The Bertz CT molecular complexity index is 470. The van der Waals surface area contributed by atoms with E-state index in [4.69, 9.17) is 5.11 Å². The standard InChI is InChI=1S/C14H18N2O3/c1-9(14(18)19)11-4-2-10(3-5-11)7-15-12-6-13(17)16-8-12/h2-5,9,12,15H,6-8H2,1H3,(H,16,17)(H,18,19). The van der Waals surface area contributed by atoms with Gasteiger partial charge in [-0.05, 0) is 18.1 Å². The molecule has 2 atom stereocenters. The minimum absolute atomic E-state index is 0.0862. The van der Waals surface area contributed by atoms with Crippen LogP contribution in [0.3, 0.4) is 0 Å². The van der Waals surface area contributed by atoms with E-state index in [2.05, 4.69) is 10.6 Å². The fourth-order valence-electron chi connectivity index (χ4n) is 2.08. The Morgan fingerprint density at radius 2 is 2.16 bits per heavy atom. The number of amides is 1. The number of aliphatic carboxylic acids is 1. The van der Waals surface area contributed by atoms with Crippen molar-refractivity contribution in [3.05, 3.63) is 35.4 Å². The number of hydrogen-bond acceptors (Lipinski definition) is 3. The van der Waals surface area contributed by atoms with Crippen LogP contribution in [0, 0.1) is 0 Å². The van der Waals surface area contributed by atoms with Crippen LogP contribution in [0.1, 0.15) is 30.4 Å². The van der Waals surface area contributed by atoms with Crippen molar-refractivity contribution in [2.24, 2.45) is 0 Å². The Hall–Kier alpha value is -1.88. The first-order valence-corrected chi connectivity index (χ1v) is 6.38. The second-order valence-corrected chi connectivity index (χ2v) is 4.89. The SMILES string of the molecule is CC(C(=O)O)c1ccc(CNC2CNC(=O)C2)cc1. The second-order valence-electron chi connectivity index (χ2n) is 4.89. The van der Waals surface area contributed by atoms with Crippen molar-refractivity contribution in [2.75, 3.05) is 6.54 Å². The van der Waals surface area contributed by atoms with E-state index in [-0.39, 0.29) is 11.9 Å². The Labute approximate surface area is 112 Å². The molecule has 19 heavy (non-hydrogen) atoms. The van der Waals surface area contributed by atoms with Gasteiger partial charge >= 0.3 is 5.97 Å². The normalized spacial score (nSPS) is 20.1. The first-order chi connectivity index (χ1) is 9.06. The van der Waals surface area contributed by atoms with Gasteiger partial charge in [0.05, 0.1) is 5.92 Å². The number of rotatable bonds is 5. The Morgan fingerprint density at radius 3 is 2.68 bits per heavy atom. The molecule has 1 aliphatic heterocycles. The molecule has 5 nitrogen and oxygen atoms in total. The molecule has 0 aromatic heterocycles. The van der Waals surface area contributed by atoms with E-state index in [1.807, 2.05) is 24.3 Å². The van der Waals surface area contributed by atoms with Gasteiger partial charge in [0.2, 0.25) is 5.91 Å². The van der Waals surface area contributed by atoms with Gasteiger partial charge in [-0.15, -0.1) is 0 Å². The molecule has 1 aromatic carbocycles. The number of carbonyl (C=O) groups is 2. The number of nitrogens with one attached hydrogen (secondary N) is 2. The zero-order valence-electron chi connectivity index (χ0n) is 10.8. The quantitative estimate of drug-likeness (QED) is 0.735. The monoisotopic (exact) mass is 262 g/mol. The van der Waals surface area contributed by atoms with Crippen LogP contribution in [-0.4, -0.2) is 29.6 Å². The van der Waals surface area contributed by atoms with Crippen molar-refractivity contribution in [2.45, 2.75) is 31.8 Å². The van der Waals surface area contributed by atoms with Crippen LogP contribution in [0.15, 0.2) is 24.3 Å². The summed E-state index contributed by atoms with van der Waals surface area (Å²) in [5.41, 5.74) is 1.88. The number of carbonyl (C=O) groups excluding carboxylic acids is 1. The highest BCUT2D eigenvalue weighted by Crippen LogP contribution is 2.16. The maximum absolute atomic E-state index is 11.0. The average molecular weight is 262 g/mol. The van der Waals surface area contributed by atoms with Gasteiger partial charge in [-0.3, -0.25) is 9.59 Å². The first-order valence-electron chi connectivity index (χ1n) is 6.38. The van der Waals surface area contributed by atoms with Crippen LogP contribution in [-0.2, 0) is 16.1 Å². The lowest BCUT2D eigenvalue weighted by molar-refractivity contribution is -0.138. The largest absolute Gasteiger partial charge is 0.481 e. The van der Waals surface area contributed by atoms with Gasteiger partial charge < -0.3 is 15.7 Å². The Balaban J connectivity index is 1.88. The molecule has 1 saturated heterocycles. The van der Waals surface area contributed by atoms with E-state index in [1.165, 1.54) is 0 Å². The molecule has 1 fully saturated rings. The maximum Gasteiger partial charge on any atom is 0.310 e. The van der Waals surface area contributed by atoms with Crippen LogP contribution < -0.4 is 10.6 Å². The van der Waals surface area contributed by atoms with Crippen molar-refractivity contribution in [3.63, 3.8) is 0 Å². The molecule has 2 rings (SSSR count). The van der Waals surface area contributed by atoms with Crippen molar-refractivity contribution in [1.82, 2.24) is 10.6 Å². The van der Waals surface area contributed by atoms with E-state index in [0.29, 0.717) is 19.5 Å². The first kappa shape index (κ1) is 13.5. The predicted octanol–water partition coefficient (Wildman–Crippen LogP) is 0.853. The molecule has 1 aromatic rings. The Morgan fingerprint density at radius 1 is 1.47 bits per heavy atom. The third kappa shape index (κ3) is 3.54. The summed E-state index contributed by atoms with van der Waals surface area (Å²) in [5, 5.41) is 15.0. The maximum atomic E-state index is 11.0. The summed E-state index contributed by atoms with van der Waals surface area (Å²) in [4.78, 5) is 21.9. The molecule has 0 spiro atoms. The van der Waals surface area contributed by atoms with Gasteiger partial charge in [0, 0.05) is 25.6 Å². The fourth-order valence-corrected chi connectivity index (χ4v) is 2.08. The summed E-state index contributed by atoms with van der Waals surface area (Å²) in [5.74, 6) is -1.22. The summed E-state index contributed by atoms with van der Waals surface area (Å²) in [6.07, 6.45) is 0.522. The topological polar surface area (TPSA) is 78.4 Å². The van der Waals surface area contributed by atoms with Gasteiger partial charge in [-0.2, -0.15) is 0 Å². The van der Waals surface area contributed by atoms with Crippen LogP contribution in [0.4, 0.5) is 0 Å². The summed E-state index contributed by atoms with van der Waals surface area (Å²) < 4.78 is 0. The van der Waals surface area contributed by atoms with Crippen molar-refractivity contribution in [3.8, 4) is 0 Å². The molecular weight excluding hydrogens is 244 g/mol. The van der Waals surface area contributed by atoms with E-state index in [9.17, 15) is 9.59 Å². The molecular formula is C14H18N2O3. The molecule has 1 aliphatic rings. The lowest BCUT2D eigenvalue weighted by atomic mass is 10.00. The summed E-state index contributed by atoms with van der Waals surface area (Å²) >= 11 is 0. The van der Waals surface area contributed by atoms with E-state index >= 15 is 0 Å². The number of hydrogen-bond donors (Lipinski definition) is 3. The highest BCUT2D eigenvalue weighted by atomic mass is 16.4. The van der Waals surface area contributed by atoms with Gasteiger partial charge in [0.1, 0.15) is 0 Å². The van der Waals surface area contributed by atoms with Gasteiger partial charge in [-0.25, -0.2) is 0 Å². The zero-order chi connectivity index (χ0) is 13.8. The molecule has 1 heterocycles. The minimum atomic E-state index is -0.818. The summed E-state index contributed by atoms with van der Waals surface area (Å²) in [7, 11) is 0. The lowest BCUT2D eigenvalue weighted by Crippen LogP contribution is -2.30. The van der Waals surface area contributed by atoms with Crippen molar-refractivity contribution >= 4 is 11.9 Å². The van der Waals surface area contributed by atoms with Crippen LogP contribution in [0.2, 0.25) is 0 Å². The van der Waals surface area contributed by atoms with Gasteiger partial charge in [-0.1, -0.05) is 24.3 Å². The smallest absolute Gasteiger partial charge is 0.310 e. The summed E-state index contributed by atoms with van der Waals surface area (Å²) in [6.45, 7) is 3.03. The molecule has 0 aliphatic carbocycles. The fraction of sp³-hybridized carbons (Fsp3) is 0.429. The third-order valence-corrected chi connectivity index (χ3v) is 3.42. The third-order valence-electron chi connectivity index (χ3n) is 3.42. The molecule has 0 bridgehead atoms. The predicted molar refractivity (Wildman–Crippen MR) is 70.7 cm³/mol. The number of carboxylic acids is 1. The van der Waals surface area contributed by atoms with Gasteiger partial charge in [0.15, 0.2) is 0 Å². The number of carboxylic acid groups (broad SMARTS) is 1. The molecule has 0 radical (unpaired) electrons. The van der Waals surface area contributed by atoms with Gasteiger partial charge in [0.25, 0.3) is 0 Å². The Kier molecular flexibility index (Phi) is 4.16. The highest BCUT2D eigenvalue weighted by Gasteiger charge is 2.20. The van der Waals surface area contributed by atoms with Crippen LogP contribution in [0.25, 0.3) is 0 Å². The molecule has 3 N–H and O–H groups in total. The van der Waals surface area contributed by atoms with Crippen molar-refractivity contribution in [1.29, 1.82) is 0 Å². The van der Waals surface area contributed by atoms with E-state index in [1.54, 1.807) is 6.92 Å². The zero-order valence-corrected chi connectivity index (χ0v) is 10.8. The molecule has 2 unspecified atom stereocenters. The van der Waals surface area contributed by atoms with E-state index in [0.717, 1.165) is 11.1 Å². The van der Waals surface area contributed by atoms with E-state index < -0.39 is 11.9 Å². The summed E-state index contributed by atoms with van der Waals surface area (Å²) in [6, 6.07) is 7.71. The molecule has 5 heteroatoms. The minimum Gasteiger partial charge on any atom is -0.481 e. The average Bonchev–Trinajstić information content (AvgIpc) is 2.82. The molecule has 0 saturated carbocycles. The second kappa shape index (κ2) is 5.84.